The first kappa shape index (κ1) is 24.9. The minimum atomic E-state index is -0.185. The van der Waals surface area contributed by atoms with Crippen molar-refractivity contribution in [3.05, 3.63) is 64.5 Å². The number of hydrogen-bond donors (Lipinski definition) is 1. The lowest BCUT2D eigenvalue weighted by atomic mass is 9.84. The molecule has 1 amide bonds. The summed E-state index contributed by atoms with van der Waals surface area (Å²) in [6.07, 6.45) is 2.95. The standard InChI is InChI=1S/C27H36FN3O2/c1-18-14-23(25(29-33)11-8-12-30(4)5)15-19(2)26(18)31-17-21(13-20(3)27(31)32)16-22-9-6-7-10-24(22)28/h6-7,9-10,14-15,20-21,33H,8,11-13,16-17H2,1-5H3/b29-25+/t20-,21-/m1/s1. The highest BCUT2D eigenvalue weighted by atomic mass is 19.1. The zero-order valence-electron chi connectivity index (χ0n) is 20.4. The summed E-state index contributed by atoms with van der Waals surface area (Å²) in [6.45, 7) is 7.45. The van der Waals surface area contributed by atoms with Crippen molar-refractivity contribution in [2.75, 3.05) is 32.1 Å². The number of halogens is 1. The first-order chi connectivity index (χ1) is 15.7. The summed E-state index contributed by atoms with van der Waals surface area (Å²) in [5.74, 6) is -0.000515. The molecule has 1 heterocycles. The minimum Gasteiger partial charge on any atom is -0.411 e. The van der Waals surface area contributed by atoms with Gasteiger partial charge in [0.1, 0.15) is 5.82 Å². The third kappa shape index (κ3) is 5.99. The van der Waals surface area contributed by atoms with E-state index in [-0.39, 0.29) is 23.6 Å². The van der Waals surface area contributed by atoms with Gasteiger partial charge in [0.25, 0.3) is 0 Å². The van der Waals surface area contributed by atoms with Crippen molar-refractivity contribution >= 4 is 17.3 Å². The second kappa shape index (κ2) is 10.9. The van der Waals surface area contributed by atoms with Crippen molar-refractivity contribution < 1.29 is 14.4 Å². The largest absolute Gasteiger partial charge is 0.411 e. The number of aryl methyl sites for hydroxylation is 2. The highest BCUT2D eigenvalue weighted by molar-refractivity contribution is 6.02. The lowest BCUT2D eigenvalue weighted by Crippen LogP contribution is -2.46. The van der Waals surface area contributed by atoms with Crippen LogP contribution in [0.5, 0.6) is 0 Å². The fraction of sp³-hybridized carbons (Fsp3) is 0.481. The summed E-state index contributed by atoms with van der Waals surface area (Å²) in [5.41, 5.74) is 5.12. The summed E-state index contributed by atoms with van der Waals surface area (Å²) in [5, 5.41) is 13.2. The maximum atomic E-state index is 14.2. The molecule has 3 rings (SSSR count). The lowest BCUT2D eigenvalue weighted by molar-refractivity contribution is -0.124. The van der Waals surface area contributed by atoms with Gasteiger partial charge in [-0.15, -0.1) is 0 Å². The minimum absolute atomic E-state index is 0.112. The third-order valence-corrected chi connectivity index (χ3v) is 6.52. The van der Waals surface area contributed by atoms with Gasteiger partial charge in [0.05, 0.1) is 5.71 Å². The molecule has 0 aliphatic carbocycles. The van der Waals surface area contributed by atoms with Gasteiger partial charge in [-0.3, -0.25) is 4.79 Å². The van der Waals surface area contributed by atoms with Crippen LogP contribution in [-0.2, 0) is 11.2 Å². The Morgan fingerprint density at radius 1 is 1.21 bits per heavy atom. The van der Waals surface area contributed by atoms with Gasteiger partial charge in [0.15, 0.2) is 0 Å². The molecular weight excluding hydrogens is 417 g/mol. The van der Waals surface area contributed by atoms with Gasteiger partial charge in [0, 0.05) is 18.2 Å². The van der Waals surface area contributed by atoms with Gasteiger partial charge in [-0.05, 0) is 107 Å². The van der Waals surface area contributed by atoms with E-state index in [0.29, 0.717) is 30.7 Å². The number of benzene rings is 2. The number of amides is 1. The maximum absolute atomic E-state index is 14.2. The van der Waals surface area contributed by atoms with E-state index in [1.54, 1.807) is 6.07 Å². The molecule has 1 N–H and O–H groups in total. The van der Waals surface area contributed by atoms with E-state index >= 15 is 0 Å². The Bertz CT molecular complexity index is 995. The highest BCUT2D eigenvalue weighted by Gasteiger charge is 2.34. The molecule has 1 fully saturated rings. The topological polar surface area (TPSA) is 56.1 Å². The number of carbonyl (C=O) groups excluding carboxylic acids is 1. The Hall–Kier alpha value is -2.73. The molecule has 6 heteroatoms. The van der Waals surface area contributed by atoms with Crippen molar-refractivity contribution in [3.8, 4) is 0 Å². The quantitative estimate of drug-likeness (QED) is 0.340. The zero-order valence-corrected chi connectivity index (χ0v) is 20.4. The van der Waals surface area contributed by atoms with Gasteiger partial charge < -0.3 is 15.0 Å². The number of oxime groups is 1. The molecule has 2 atom stereocenters. The molecule has 0 unspecified atom stereocenters. The van der Waals surface area contributed by atoms with Crippen LogP contribution in [0.1, 0.15) is 48.4 Å². The molecular formula is C27H36FN3O2. The second-order valence-corrected chi connectivity index (χ2v) is 9.66. The number of carbonyl (C=O) groups is 1. The van der Waals surface area contributed by atoms with Crippen LogP contribution in [0.25, 0.3) is 0 Å². The van der Waals surface area contributed by atoms with Gasteiger partial charge >= 0.3 is 0 Å². The molecule has 0 bridgehead atoms. The van der Waals surface area contributed by atoms with Gasteiger partial charge in [-0.1, -0.05) is 30.3 Å². The number of hydrogen-bond acceptors (Lipinski definition) is 4. The molecule has 0 spiro atoms. The Labute approximate surface area is 196 Å². The van der Waals surface area contributed by atoms with Gasteiger partial charge in [-0.2, -0.15) is 0 Å². The molecule has 1 aliphatic rings. The molecule has 5 nitrogen and oxygen atoms in total. The Morgan fingerprint density at radius 2 is 1.88 bits per heavy atom. The van der Waals surface area contributed by atoms with Crippen LogP contribution in [0, 0.1) is 31.5 Å². The van der Waals surface area contributed by atoms with Crippen LogP contribution in [-0.4, -0.2) is 48.9 Å². The molecule has 2 aromatic rings. The first-order valence-electron chi connectivity index (χ1n) is 11.7. The average Bonchev–Trinajstić information content (AvgIpc) is 2.75. The molecule has 1 saturated heterocycles. The summed E-state index contributed by atoms with van der Waals surface area (Å²) in [6, 6.07) is 10.9. The van der Waals surface area contributed by atoms with Gasteiger partial charge in [0.2, 0.25) is 5.91 Å². The second-order valence-electron chi connectivity index (χ2n) is 9.66. The Morgan fingerprint density at radius 3 is 2.48 bits per heavy atom. The smallest absolute Gasteiger partial charge is 0.229 e. The van der Waals surface area contributed by atoms with Crippen LogP contribution >= 0.6 is 0 Å². The van der Waals surface area contributed by atoms with E-state index in [2.05, 4.69) is 10.1 Å². The van der Waals surface area contributed by atoms with E-state index in [9.17, 15) is 14.4 Å². The first-order valence-corrected chi connectivity index (χ1v) is 11.7. The number of piperidine rings is 1. The molecule has 0 aromatic heterocycles. The monoisotopic (exact) mass is 453 g/mol. The van der Waals surface area contributed by atoms with E-state index in [1.807, 2.05) is 64.0 Å². The van der Waals surface area contributed by atoms with E-state index < -0.39 is 0 Å². The van der Waals surface area contributed by atoms with Crippen molar-refractivity contribution in [1.29, 1.82) is 0 Å². The predicted molar refractivity (Wildman–Crippen MR) is 132 cm³/mol. The van der Waals surface area contributed by atoms with E-state index in [1.165, 1.54) is 6.07 Å². The van der Waals surface area contributed by atoms with Crippen LogP contribution < -0.4 is 4.90 Å². The number of nitrogens with zero attached hydrogens (tertiary/aromatic N) is 3. The summed E-state index contributed by atoms with van der Waals surface area (Å²) in [4.78, 5) is 17.2. The van der Waals surface area contributed by atoms with Crippen molar-refractivity contribution in [1.82, 2.24) is 4.90 Å². The molecule has 0 saturated carbocycles. The third-order valence-electron chi connectivity index (χ3n) is 6.52. The van der Waals surface area contributed by atoms with Crippen LogP contribution in [0.15, 0.2) is 41.6 Å². The van der Waals surface area contributed by atoms with Crippen molar-refractivity contribution in [2.45, 2.75) is 46.5 Å². The SMILES string of the molecule is Cc1cc(/C(CCCN(C)C)=N/O)cc(C)c1N1C[C@@H](Cc2ccccc2F)C[C@@H](C)C1=O. The summed E-state index contributed by atoms with van der Waals surface area (Å²) < 4.78 is 14.2. The van der Waals surface area contributed by atoms with E-state index in [4.69, 9.17) is 0 Å². The number of anilines is 1. The van der Waals surface area contributed by atoms with Crippen molar-refractivity contribution in [2.24, 2.45) is 17.0 Å². The fourth-order valence-corrected chi connectivity index (χ4v) is 4.98. The normalized spacial score (nSPS) is 19.4. The fourth-order valence-electron chi connectivity index (χ4n) is 4.98. The lowest BCUT2D eigenvalue weighted by Gasteiger charge is -2.38. The zero-order chi connectivity index (χ0) is 24.1. The van der Waals surface area contributed by atoms with Crippen molar-refractivity contribution in [3.63, 3.8) is 0 Å². The molecule has 1 aliphatic heterocycles. The molecule has 178 valence electrons. The summed E-state index contributed by atoms with van der Waals surface area (Å²) >= 11 is 0. The molecule has 33 heavy (non-hydrogen) atoms. The van der Waals surface area contributed by atoms with Crippen LogP contribution in [0.4, 0.5) is 10.1 Å². The summed E-state index contributed by atoms with van der Waals surface area (Å²) in [7, 11) is 4.05. The predicted octanol–water partition coefficient (Wildman–Crippen LogP) is 5.19. The highest BCUT2D eigenvalue weighted by Crippen LogP contribution is 2.34. The van der Waals surface area contributed by atoms with Crippen LogP contribution in [0.2, 0.25) is 0 Å². The van der Waals surface area contributed by atoms with E-state index in [0.717, 1.165) is 41.8 Å². The van der Waals surface area contributed by atoms with Crippen LogP contribution in [0.3, 0.4) is 0 Å². The average molecular weight is 454 g/mol. The van der Waals surface area contributed by atoms with Gasteiger partial charge in [-0.25, -0.2) is 4.39 Å². The Kier molecular flexibility index (Phi) is 8.25. The maximum Gasteiger partial charge on any atom is 0.229 e. The molecule has 0 radical (unpaired) electrons. The molecule has 2 aromatic carbocycles. The Balaban J connectivity index is 1.84. The number of rotatable bonds is 8.